The molecule has 0 spiro atoms. The summed E-state index contributed by atoms with van der Waals surface area (Å²) in [5, 5.41) is 0.289. The van der Waals surface area contributed by atoms with Crippen molar-refractivity contribution in [1.82, 2.24) is 4.98 Å². The van der Waals surface area contributed by atoms with Crippen LogP contribution in [0.15, 0.2) is 66.7 Å². The Morgan fingerprint density at radius 2 is 1.78 bits per heavy atom. The van der Waals surface area contributed by atoms with E-state index in [0.717, 1.165) is 23.0 Å². The molecule has 164 valence electrons. The van der Waals surface area contributed by atoms with Crippen molar-refractivity contribution in [2.24, 2.45) is 0 Å². The molecule has 1 aromatic heterocycles. The molecule has 32 heavy (non-hydrogen) atoms. The lowest BCUT2D eigenvalue weighted by Gasteiger charge is -2.20. The van der Waals surface area contributed by atoms with Crippen molar-refractivity contribution in [1.29, 1.82) is 0 Å². The van der Waals surface area contributed by atoms with Gasteiger partial charge in [0.25, 0.3) is 5.91 Å². The van der Waals surface area contributed by atoms with E-state index in [1.165, 1.54) is 16.5 Å². The molecule has 7 heteroatoms. The zero-order valence-electron chi connectivity index (χ0n) is 17.7. The van der Waals surface area contributed by atoms with Gasteiger partial charge >= 0.3 is 0 Å². The van der Waals surface area contributed by atoms with Gasteiger partial charge in [-0.1, -0.05) is 67.6 Å². The Balaban J connectivity index is 1.59. The van der Waals surface area contributed by atoms with E-state index in [1.54, 1.807) is 0 Å². The van der Waals surface area contributed by atoms with Gasteiger partial charge in [0.05, 0.1) is 11.2 Å². The largest absolute Gasteiger partial charge is 0.484 e. The number of aromatic nitrogens is 1. The summed E-state index contributed by atoms with van der Waals surface area (Å²) in [5.41, 5.74) is 2.11. The predicted octanol–water partition coefficient (Wildman–Crippen LogP) is 6.31. The molecule has 0 saturated heterocycles. The number of hydrogen-bond donors (Lipinski definition) is 0. The van der Waals surface area contributed by atoms with Gasteiger partial charge in [-0.3, -0.25) is 9.69 Å². The molecule has 0 atom stereocenters. The highest BCUT2D eigenvalue weighted by atomic mass is 32.1. The van der Waals surface area contributed by atoms with E-state index in [0.29, 0.717) is 16.4 Å². The molecule has 0 N–H and O–H groups in total. The van der Waals surface area contributed by atoms with Crippen LogP contribution in [-0.4, -0.2) is 17.5 Å². The highest BCUT2D eigenvalue weighted by Gasteiger charge is 2.22. The Labute approximate surface area is 189 Å². The Bertz CT molecular complexity index is 1220. The number of rotatable bonds is 7. The second-order valence-electron chi connectivity index (χ2n) is 7.71. The lowest BCUT2D eigenvalue weighted by atomic mass is 10.0. The summed E-state index contributed by atoms with van der Waals surface area (Å²) in [4.78, 5) is 18.9. The molecule has 0 aliphatic rings. The number of carbonyl (C=O) groups is 1. The molecule has 4 nitrogen and oxygen atoms in total. The zero-order chi connectivity index (χ0) is 22.7. The first-order chi connectivity index (χ1) is 15.4. The fourth-order valence-electron chi connectivity index (χ4n) is 3.26. The minimum atomic E-state index is -0.754. The van der Waals surface area contributed by atoms with E-state index in [-0.39, 0.29) is 29.7 Å². The first kappa shape index (κ1) is 21.9. The smallest absolute Gasteiger partial charge is 0.267 e. The first-order valence-corrected chi connectivity index (χ1v) is 11.0. The minimum absolute atomic E-state index is 0.0439. The van der Waals surface area contributed by atoms with Gasteiger partial charge < -0.3 is 4.74 Å². The number of anilines is 1. The van der Waals surface area contributed by atoms with Crippen molar-refractivity contribution in [3.05, 3.63) is 89.5 Å². The van der Waals surface area contributed by atoms with Gasteiger partial charge in [-0.15, -0.1) is 0 Å². The maximum absolute atomic E-state index is 14.2. The van der Waals surface area contributed by atoms with Crippen molar-refractivity contribution < 1.29 is 18.3 Å². The molecule has 0 aliphatic heterocycles. The third-order valence-electron chi connectivity index (χ3n) is 5.03. The standard InChI is InChI=1S/C25H22F2N2O2S/c1-16(2)18-8-10-20(11-9-18)31-15-23(30)29(14-17-6-4-3-5-7-17)25-28-24-21(27)12-19(26)13-22(24)32-25/h3-13,16H,14-15H2,1-2H3. The van der Waals surface area contributed by atoms with Crippen LogP contribution >= 0.6 is 11.3 Å². The molecular weight excluding hydrogens is 430 g/mol. The monoisotopic (exact) mass is 452 g/mol. The van der Waals surface area contributed by atoms with Crippen LogP contribution < -0.4 is 9.64 Å². The molecule has 1 heterocycles. The fourth-order valence-corrected chi connectivity index (χ4v) is 4.28. The van der Waals surface area contributed by atoms with E-state index >= 15 is 0 Å². The number of ether oxygens (including phenoxy) is 1. The molecule has 0 unspecified atom stereocenters. The van der Waals surface area contributed by atoms with Gasteiger partial charge in [0.1, 0.15) is 17.1 Å². The number of fused-ring (bicyclic) bond motifs is 1. The van der Waals surface area contributed by atoms with Crippen LogP contribution in [0.25, 0.3) is 10.2 Å². The van der Waals surface area contributed by atoms with Crippen molar-refractivity contribution in [2.75, 3.05) is 11.5 Å². The van der Waals surface area contributed by atoms with Gasteiger partial charge in [-0.2, -0.15) is 0 Å². The summed E-state index contributed by atoms with van der Waals surface area (Å²) in [7, 11) is 0. The summed E-state index contributed by atoms with van der Waals surface area (Å²) < 4.78 is 33.9. The number of amides is 1. The molecule has 0 aliphatic carbocycles. The Kier molecular flexibility index (Phi) is 6.46. The maximum Gasteiger partial charge on any atom is 0.267 e. The summed E-state index contributed by atoms with van der Waals surface area (Å²) in [6.45, 7) is 4.24. The Hall–Kier alpha value is -3.32. The third-order valence-corrected chi connectivity index (χ3v) is 6.05. The number of hydrogen-bond acceptors (Lipinski definition) is 4. The summed E-state index contributed by atoms with van der Waals surface area (Å²) in [5.74, 6) is -0.784. The average molecular weight is 453 g/mol. The number of thiazole rings is 1. The maximum atomic E-state index is 14.2. The van der Waals surface area contributed by atoms with Gasteiger partial charge in [-0.05, 0) is 35.2 Å². The van der Waals surface area contributed by atoms with E-state index < -0.39 is 11.6 Å². The number of carbonyl (C=O) groups excluding carboxylic acids is 1. The SMILES string of the molecule is CC(C)c1ccc(OCC(=O)N(Cc2ccccc2)c2nc3c(F)cc(F)cc3s2)cc1. The van der Waals surface area contributed by atoms with Crippen molar-refractivity contribution in [2.45, 2.75) is 26.3 Å². The van der Waals surface area contributed by atoms with E-state index in [2.05, 4.69) is 18.8 Å². The first-order valence-electron chi connectivity index (χ1n) is 10.2. The molecular formula is C25H22F2N2O2S. The summed E-state index contributed by atoms with van der Waals surface area (Å²) >= 11 is 1.07. The average Bonchev–Trinajstić information content (AvgIpc) is 3.21. The summed E-state index contributed by atoms with van der Waals surface area (Å²) in [6.07, 6.45) is 0. The normalized spacial score (nSPS) is 11.2. The summed E-state index contributed by atoms with van der Waals surface area (Å²) in [6, 6.07) is 19.0. The molecule has 0 radical (unpaired) electrons. The van der Waals surface area contributed by atoms with Gasteiger partial charge in [-0.25, -0.2) is 13.8 Å². The highest BCUT2D eigenvalue weighted by Crippen LogP contribution is 2.32. The molecule has 1 amide bonds. The van der Waals surface area contributed by atoms with Gasteiger partial charge in [0.2, 0.25) is 0 Å². The lowest BCUT2D eigenvalue weighted by Crippen LogP contribution is -2.34. The topological polar surface area (TPSA) is 42.4 Å². The van der Waals surface area contributed by atoms with Crippen molar-refractivity contribution in [3.8, 4) is 5.75 Å². The second-order valence-corrected chi connectivity index (χ2v) is 8.72. The van der Waals surface area contributed by atoms with E-state index in [4.69, 9.17) is 4.74 Å². The van der Waals surface area contributed by atoms with E-state index in [9.17, 15) is 13.6 Å². The van der Waals surface area contributed by atoms with Crippen LogP contribution in [0, 0.1) is 11.6 Å². The Morgan fingerprint density at radius 1 is 1.06 bits per heavy atom. The van der Waals surface area contributed by atoms with Crippen LogP contribution in [0.1, 0.15) is 30.9 Å². The highest BCUT2D eigenvalue weighted by molar-refractivity contribution is 7.22. The second kappa shape index (κ2) is 9.44. The van der Waals surface area contributed by atoms with Crippen LogP contribution in [0.2, 0.25) is 0 Å². The number of halogens is 2. The van der Waals surface area contributed by atoms with Crippen LogP contribution in [0.4, 0.5) is 13.9 Å². The molecule has 4 aromatic rings. The zero-order valence-corrected chi connectivity index (χ0v) is 18.5. The quantitative estimate of drug-likeness (QED) is 0.330. The molecule has 0 saturated carbocycles. The van der Waals surface area contributed by atoms with Gasteiger partial charge in [0, 0.05) is 6.07 Å². The van der Waals surface area contributed by atoms with Gasteiger partial charge in [0.15, 0.2) is 17.6 Å². The number of nitrogens with zero attached hydrogens (tertiary/aromatic N) is 2. The molecule has 0 fully saturated rings. The predicted molar refractivity (Wildman–Crippen MR) is 123 cm³/mol. The molecule has 0 bridgehead atoms. The van der Waals surface area contributed by atoms with Crippen LogP contribution in [0.5, 0.6) is 5.75 Å². The third kappa shape index (κ3) is 4.94. The van der Waals surface area contributed by atoms with Crippen molar-refractivity contribution >= 4 is 32.6 Å². The lowest BCUT2D eigenvalue weighted by molar-refractivity contribution is -0.120. The van der Waals surface area contributed by atoms with Crippen LogP contribution in [-0.2, 0) is 11.3 Å². The Morgan fingerprint density at radius 3 is 2.47 bits per heavy atom. The van der Waals surface area contributed by atoms with E-state index in [1.807, 2.05) is 54.6 Å². The number of benzene rings is 3. The minimum Gasteiger partial charge on any atom is -0.484 e. The van der Waals surface area contributed by atoms with Crippen molar-refractivity contribution in [3.63, 3.8) is 0 Å². The molecule has 3 aromatic carbocycles. The van der Waals surface area contributed by atoms with Crippen LogP contribution in [0.3, 0.4) is 0 Å². The fraction of sp³-hybridized carbons (Fsp3) is 0.200. The molecule has 4 rings (SSSR count).